The normalized spacial score (nSPS) is 10.1. The highest BCUT2D eigenvalue weighted by Gasteiger charge is 2.12. The van der Waals surface area contributed by atoms with Crippen molar-refractivity contribution in [2.24, 2.45) is 0 Å². The van der Waals surface area contributed by atoms with Gasteiger partial charge in [-0.05, 0) is 25.1 Å². The molecule has 0 atom stereocenters. The SMILES string of the molecule is CCN(c1ccc(=O)[nH]n1)c1ccccc1OC. The van der Waals surface area contributed by atoms with Crippen molar-refractivity contribution in [2.45, 2.75) is 6.92 Å². The van der Waals surface area contributed by atoms with Crippen LogP contribution in [0.4, 0.5) is 11.5 Å². The zero-order chi connectivity index (χ0) is 13.0. The number of benzene rings is 1. The van der Waals surface area contributed by atoms with Crippen LogP contribution in [0.15, 0.2) is 41.2 Å². The van der Waals surface area contributed by atoms with Crippen molar-refractivity contribution in [3.05, 3.63) is 46.8 Å². The topological polar surface area (TPSA) is 58.2 Å². The fraction of sp³-hybridized carbons (Fsp3) is 0.231. The lowest BCUT2D eigenvalue weighted by molar-refractivity contribution is 0.415. The third-order valence-electron chi connectivity index (χ3n) is 2.63. The Morgan fingerprint density at radius 2 is 2.06 bits per heavy atom. The van der Waals surface area contributed by atoms with Crippen molar-refractivity contribution in [3.63, 3.8) is 0 Å². The van der Waals surface area contributed by atoms with E-state index in [2.05, 4.69) is 10.2 Å². The number of anilines is 2. The maximum Gasteiger partial charge on any atom is 0.264 e. The lowest BCUT2D eigenvalue weighted by Crippen LogP contribution is -2.20. The van der Waals surface area contributed by atoms with Gasteiger partial charge in [0.15, 0.2) is 5.82 Å². The van der Waals surface area contributed by atoms with Gasteiger partial charge in [-0.3, -0.25) is 4.79 Å². The number of ether oxygens (including phenoxy) is 1. The average Bonchev–Trinajstić information content (AvgIpc) is 2.42. The third kappa shape index (κ3) is 2.34. The molecule has 2 rings (SSSR count). The van der Waals surface area contributed by atoms with Crippen LogP contribution < -0.4 is 15.2 Å². The highest BCUT2D eigenvalue weighted by atomic mass is 16.5. The summed E-state index contributed by atoms with van der Waals surface area (Å²) in [6.07, 6.45) is 0. The summed E-state index contributed by atoms with van der Waals surface area (Å²) in [5, 5.41) is 6.47. The fourth-order valence-corrected chi connectivity index (χ4v) is 1.80. The van der Waals surface area contributed by atoms with Crippen LogP contribution in [0.3, 0.4) is 0 Å². The molecular formula is C13H15N3O2. The second kappa shape index (κ2) is 5.35. The number of para-hydroxylation sites is 2. The molecule has 2 aromatic rings. The van der Waals surface area contributed by atoms with E-state index in [1.807, 2.05) is 36.1 Å². The second-order valence-electron chi connectivity index (χ2n) is 3.70. The lowest BCUT2D eigenvalue weighted by Gasteiger charge is -2.23. The molecular weight excluding hydrogens is 230 g/mol. The number of aromatic nitrogens is 2. The smallest absolute Gasteiger partial charge is 0.264 e. The van der Waals surface area contributed by atoms with Gasteiger partial charge in [0.1, 0.15) is 5.75 Å². The minimum absolute atomic E-state index is 0.213. The third-order valence-corrected chi connectivity index (χ3v) is 2.63. The number of aromatic amines is 1. The summed E-state index contributed by atoms with van der Waals surface area (Å²) in [5.41, 5.74) is 0.705. The summed E-state index contributed by atoms with van der Waals surface area (Å²) in [6, 6.07) is 10.8. The van der Waals surface area contributed by atoms with Crippen LogP contribution in [-0.4, -0.2) is 23.9 Å². The van der Waals surface area contributed by atoms with Crippen LogP contribution in [-0.2, 0) is 0 Å². The van der Waals surface area contributed by atoms with Gasteiger partial charge >= 0.3 is 0 Å². The molecule has 1 heterocycles. The largest absolute Gasteiger partial charge is 0.495 e. The standard InChI is InChI=1S/C13H15N3O2/c1-3-16(12-8-9-13(17)15-14-12)10-6-4-5-7-11(10)18-2/h4-9H,3H2,1-2H3,(H,15,17). The van der Waals surface area contributed by atoms with Crippen LogP contribution in [0.5, 0.6) is 5.75 Å². The van der Waals surface area contributed by atoms with Gasteiger partial charge in [0.05, 0.1) is 12.8 Å². The Hall–Kier alpha value is -2.30. The average molecular weight is 245 g/mol. The zero-order valence-electron chi connectivity index (χ0n) is 10.4. The quantitative estimate of drug-likeness (QED) is 0.894. The summed E-state index contributed by atoms with van der Waals surface area (Å²) < 4.78 is 5.33. The summed E-state index contributed by atoms with van der Waals surface area (Å²) in [5.74, 6) is 1.45. The Kier molecular flexibility index (Phi) is 3.62. The predicted octanol–water partition coefficient (Wildman–Crippen LogP) is 1.94. The van der Waals surface area contributed by atoms with Crippen LogP contribution >= 0.6 is 0 Å². The lowest BCUT2D eigenvalue weighted by atomic mass is 10.2. The van der Waals surface area contributed by atoms with Gasteiger partial charge in [-0.2, -0.15) is 5.10 Å². The maximum atomic E-state index is 11.0. The molecule has 0 bridgehead atoms. The van der Waals surface area contributed by atoms with Crippen molar-refractivity contribution in [2.75, 3.05) is 18.6 Å². The van der Waals surface area contributed by atoms with Gasteiger partial charge in [0.2, 0.25) is 0 Å². The first-order chi connectivity index (χ1) is 8.76. The molecule has 5 heteroatoms. The molecule has 0 amide bonds. The Morgan fingerprint density at radius 3 is 2.67 bits per heavy atom. The van der Waals surface area contributed by atoms with Crippen LogP contribution in [0, 0.1) is 0 Å². The van der Waals surface area contributed by atoms with Gasteiger partial charge < -0.3 is 9.64 Å². The van der Waals surface area contributed by atoms with Crippen LogP contribution in [0.2, 0.25) is 0 Å². The first-order valence-corrected chi connectivity index (χ1v) is 5.72. The molecule has 0 saturated carbocycles. The Bertz CT molecular complexity index is 560. The minimum Gasteiger partial charge on any atom is -0.495 e. The molecule has 0 saturated heterocycles. The van der Waals surface area contributed by atoms with Gasteiger partial charge in [0.25, 0.3) is 5.56 Å². The summed E-state index contributed by atoms with van der Waals surface area (Å²) in [6.45, 7) is 2.73. The van der Waals surface area contributed by atoms with Crippen LogP contribution in [0.25, 0.3) is 0 Å². The molecule has 0 radical (unpaired) electrons. The van der Waals surface area contributed by atoms with E-state index < -0.39 is 0 Å². The minimum atomic E-state index is -0.213. The summed E-state index contributed by atoms with van der Waals surface area (Å²) in [4.78, 5) is 13.0. The number of nitrogens with one attached hydrogen (secondary N) is 1. The van der Waals surface area contributed by atoms with Gasteiger partial charge in [-0.1, -0.05) is 12.1 Å². The Morgan fingerprint density at radius 1 is 1.28 bits per heavy atom. The number of nitrogens with zero attached hydrogens (tertiary/aromatic N) is 2. The number of rotatable bonds is 4. The number of methoxy groups -OCH3 is 1. The summed E-state index contributed by atoms with van der Waals surface area (Å²) in [7, 11) is 1.63. The molecule has 0 aliphatic rings. The van der Waals surface area contributed by atoms with Crippen LogP contribution in [0.1, 0.15) is 6.92 Å². The van der Waals surface area contributed by atoms with E-state index in [9.17, 15) is 4.79 Å². The highest BCUT2D eigenvalue weighted by Crippen LogP contribution is 2.31. The van der Waals surface area contributed by atoms with Crippen molar-refractivity contribution in [1.29, 1.82) is 0 Å². The number of hydrogen-bond acceptors (Lipinski definition) is 4. The van der Waals surface area contributed by atoms with Gasteiger partial charge in [-0.25, -0.2) is 5.10 Å². The van der Waals surface area contributed by atoms with Crippen molar-refractivity contribution < 1.29 is 4.74 Å². The first kappa shape index (κ1) is 12.2. The molecule has 1 aromatic heterocycles. The molecule has 0 aliphatic heterocycles. The Balaban J connectivity index is 2.44. The number of H-pyrrole nitrogens is 1. The molecule has 5 nitrogen and oxygen atoms in total. The van der Waals surface area contributed by atoms with E-state index in [1.165, 1.54) is 6.07 Å². The molecule has 94 valence electrons. The monoisotopic (exact) mass is 245 g/mol. The van der Waals surface area contributed by atoms with E-state index in [0.29, 0.717) is 5.82 Å². The molecule has 0 aliphatic carbocycles. The molecule has 1 N–H and O–H groups in total. The van der Waals surface area contributed by atoms with E-state index in [4.69, 9.17) is 4.74 Å². The van der Waals surface area contributed by atoms with Crippen molar-refractivity contribution >= 4 is 11.5 Å². The predicted molar refractivity (Wildman–Crippen MR) is 70.5 cm³/mol. The molecule has 0 unspecified atom stereocenters. The molecule has 0 fully saturated rings. The van der Waals surface area contributed by atoms with Gasteiger partial charge in [-0.15, -0.1) is 0 Å². The molecule has 1 aromatic carbocycles. The zero-order valence-corrected chi connectivity index (χ0v) is 10.4. The van der Waals surface area contributed by atoms with E-state index in [-0.39, 0.29) is 5.56 Å². The molecule has 18 heavy (non-hydrogen) atoms. The number of hydrogen-bond donors (Lipinski definition) is 1. The highest BCUT2D eigenvalue weighted by molar-refractivity contribution is 5.66. The Labute approximate surface area is 105 Å². The van der Waals surface area contributed by atoms with Gasteiger partial charge in [0, 0.05) is 12.6 Å². The van der Waals surface area contributed by atoms with E-state index in [1.54, 1.807) is 13.2 Å². The maximum absolute atomic E-state index is 11.0. The van der Waals surface area contributed by atoms with E-state index >= 15 is 0 Å². The summed E-state index contributed by atoms with van der Waals surface area (Å²) >= 11 is 0. The van der Waals surface area contributed by atoms with Crippen molar-refractivity contribution in [1.82, 2.24) is 10.2 Å². The van der Waals surface area contributed by atoms with E-state index in [0.717, 1.165) is 18.0 Å². The molecule has 0 spiro atoms. The second-order valence-corrected chi connectivity index (χ2v) is 3.70. The fourth-order valence-electron chi connectivity index (χ4n) is 1.80. The first-order valence-electron chi connectivity index (χ1n) is 5.72. The van der Waals surface area contributed by atoms with Crippen molar-refractivity contribution in [3.8, 4) is 5.75 Å².